The summed E-state index contributed by atoms with van der Waals surface area (Å²) in [6.45, 7) is 0.818. The lowest BCUT2D eigenvalue weighted by Crippen LogP contribution is -2.36. The highest BCUT2D eigenvalue weighted by Crippen LogP contribution is 2.06. The van der Waals surface area contributed by atoms with E-state index in [1.807, 2.05) is 30.5 Å². The van der Waals surface area contributed by atoms with Crippen molar-refractivity contribution in [2.24, 2.45) is 0 Å². The molecule has 0 aliphatic carbocycles. The number of hydrogen-bond donors (Lipinski definition) is 1. The number of rotatable bonds is 6. The van der Waals surface area contributed by atoms with E-state index in [1.54, 1.807) is 23.0 Å². The highest BCUT2D eigenvalue weighted by molar-refractivity contribution is 5.94. The van der Waals surface area contributed by atoms with Gasteiger partial charge >= 0.3 is 0 Å². The van der Waals surface area contributed by atoms with Gasteiger partial charge in [0.25, 0.3) is 5.91 Å². The number of benzene rings is 1. The molecule has 1 aromatic heterocycles. The van der Waals surface area contributed by atoms with Crippen LogP contribution in [0, 0.1) is 11.3 Å². The van der Waals surface area contributed by atoms with Gasteiger partial charge in [-0.05, 0) is 23.8 Å². The zero-order valence-electron chi connectivity index (χ0n) is 11.7. The molecule has 21 heavy (non-hydrogen) atoms. The summed E-state index contributed by atoms with van der Waals surface area (Å²) in [5.74, 6) is -0.288. The molecule has 0 aliphatic rings. The lowest BCUT2D eigenvalue weighted by Gasteiger charge is -2.10. The van der Waals surface area contributed by atoms with Crippen LogP contribution in [0.15, 0.2) is 42.7 Å². The molecular weight excluding hydrogens is 268 g/mol. The third kappa shape index (κ3) is 4.16. The van der Waals surface area contributed by atoms with Gasteiger partial charge in [0.2, 0.25) is 0 Å². The second kappa shape index (κ2) is 7.22. The highest BCUT2D eigenvalue weighted by Gasteiger charge is 2.12. The number of carbonyl (C=O) groups is 1. The number of ether oxygens (including phenoxy) is 1. The van der Waals surface area contributed by atoms with Crippen LogP contribution in [0.4, 0.5) is 0 Å². The zero-order valence-corrected chi connectivity index (χ0v) is 11.7. The summed E-state index contributed by atoms with van der Waals surface area (Å²) in [4.78, 5) is 12.0. The molecule has 0 saturated heterocycles. The van der Waals surface area contributed by atoms with Crippen molar-refractivity contribution >= 4 is 5.91 Å². The minimum Gasteiger partial charge on any atom is -0.381 e. The van der Waals surface area contributed by atoms with Crippen molar-refractivity contribution in [3.05, 3.63) is 53.9 Å². The van der Waals surface area contributed by atoms with Crippen LogP contribution in [0.2, 0.25) is 0 Å². The predicted octanol–water partition coefficient (Wildman–Crippen LogP) is 1.20. The minimum absolute atomic E-state index is 0.166. The van der Waals surface area contributed by atoms with Crippen LogP contribution in [0.25, 0.3) is 0 Å². The molecule has 1 aromatic carbocycles. The third-order valence-corrected chi connectivity index (χ3v) is 2.91. The minimum atomic E-state index is -0.647. The largest absolute Gasteiger partial charge is 0.381 e. The summed E-state index contributed by atoms with van der Waals surface area (Å²) in [5.41, 5.74) is 1.56. The first-order valence-corrected chi connectivity index (χ1v) is 6.48. The normalized spacial score (nSPS) is 11.6. The van der Waals surface area contributed by atoms with Crippen LogP contribution < -0.4 is 5.32 Å². The topological polar surface area (TPSA) is 79.9 Å². The Balaban J connectivity index is 1.98. The van der Waals surface area contributed by atoms with E-state index in [0.29, 0.717) is 12.1 Å². The third-order valence-electron chi connectivity index (χ3n) is 2.91. The first-order valence-electron chi connectivity index (χ1n) is 6.48. The Morgan fingerprint density at radius 1 is 1.48 bits per heavy atom. The standard InChI is InChI=1S/C15H16N4O2/c1-21-11-14(9-16)18-15(20)13-5-3-12(4-6-13)10-19-8-2-7-17-19/h2-8,14H,10-11H2,1H3,(H,18,20). The van der Waals surface area contributed by atoms with E-state index in [-0.39, 0.29) is 12.5 Å². The van der Waals surface area contributed by atoms with Crippen molar-refractivity contribution in [1.82, 2.24) is 15.1 Å². The molecule has 0 radical (unpaired) electrons. The van der Waals surface area contributed by atoms with E-state index < -0.39 is 6.04 Å². The van der Waals surface area contributed by atoms with Gasteiger partial charge < -0.3 is 10.1 Å². The number of nitrogens with zero attached hydrogens (tertiary/aromatic N) is 3. The van der Waals surface area contributed by atoms with Crippen LogP contribution in [0.5, 0.6) is 0 Å². The molecule has 0 aliphatic heterocycles. The first kappa shape index (κ1) is 14.8. The Kier molecular flexibility index (Phi) is 5.07. The summed E-state index contributed by atoms with van der Waals surface area (Å²) in [5, 5.41) is 15.6. The van der Waals surface area contributed by atoms with Gasteiger partial charge in [0.05, 0.1) is 19.2 Å². The van der Waals surface area contributed by atoms with Crippen LogP contribution in [-0.4, -0.2) is 35.4 Å². The van der Waals surface area contributed by atoms with Crippen molar-refractivity contribution in [1.29, 1.82) is 5.26 Å². The van der Waals surface area contributed by atoms with Gasteiger partial charge in [-0.1, -0.05) is 12.1 Å². The summed E-state index contributed by atoms with van der Waals surface area (Å²) < 4.78 is 6.67. The van der Waals surface area contributed by atoms with Crippen molar-refractivity contribution in [3.8, 4) is 6.07 Å². The second-order valence-electron chi connectivity index (χ2n) is 4.51. The maximum absolute atomic E-state index is 12.0. The number of nitrogens with one attached hydrogen (secondary N) is 1. The summed E-state index contributed by atoms with van der Waals surface area (Å²) >= 11 is 0. The second-order valence-corrected chi connectivity index (χ2v) is 4.51. The summed E-state index contributed by atoms with van der Waals surface area (Å²) in [7, 11) is 1.49. The fourth-order valence-corrected chi connectivity index (χ4v) is 1.86. The molecular formula is C15H16N4O2. The zero-order chi connectivity index (χ0) is 15.1. The summed E-state index contributed by atoms with van der Waals surface area (Å²) in [6.07, 6.45) is 3.60. The molecule has 1 N–H and O–H groups in total. The Labute approximate surface area is 123 Å². The van der Waals surface area contributed by atoms with E-state index >= 15 is 0 Å². The molecule has 0 bridgehead atoms. The van der Waals surface area contributed by atoms with Crippen molar-refractivity contribution in [3.63, 3.8) is 0 Å². The van der Waals surface area contributed by atoms with Crippen molar-refractivity contribution in [2.75, 3.05) is 13.7 Å². The molecule has 0 spiro atoms. The molecule has 6 heteroatoms. The lowest BCUT2D eigenvalue weighted by atomic mass is 10.1. The maximum atomic E-state index is 12.0. The lowest BCUT2D eigenvalue weighted by molar-refractivity contribution is 0.0918. The van der Waals surface area contributed by atoms with E-state index in [1.165, 1.54) is 7.11 Å². The Morgan fingerprint density at radius 2 is 2.24 bits per heavy atom. The van der Waals surface area contributed by atoms with Crippen LogP contribution in [-0.2, 0) is 11.3 Å². The molecule has 108 valence electrons. The van der Waals surface area contributed by atoms with E-state index in [4.69, 9.17) is 10.00 Å². The quantitative estimate of drug-likeness (QED) is 0.864. The van der Waals surface area contributed by atoms with Gasteiger partial charge in [0.15, 0.2) is 0 Å². The highest BCUT2D eigenvalue weighted by atomic mass is 16.5. The molecule has 0 fully saturated rings. The molecule has 1 atom stereocenters. The molecule has 2 aromatic rings. The molecule has 6 nitrogen and oxygen atoms in total. The number of aromatic nitrogens is 2. The molecule has 0 saturated carbocycles. The molecule has 1 heterocycles. The monoisotopic (exact) mass is 284 g/mol. The smallest absolute Gasteiger partial charge is 0.252 e. The van der Waals surface area contributed by atoms with Gasteiger partial charge in [-0.2, -0.15) is 10.4 Å². The number of hydrogen-bond acceptors (Lipinski definition) is 4. The summed E-state index contributed by atoms with van der Waals surface area (Å²) in [6, 6.07) is 10.4. The Morgan fingerprint density at radius 3 is 2.81 bits per heavy atom. The molecule has 1 amide bonds. The Hall–Kier alpha value is -2.65. The first-order chi connectivity index (χ1) is 10.2. The van der Waals surface area contributed by atoms with Gasteiger partial charge in [-0.3, -0.25) is 9.48 Å². The van der Waals surface area contributed by atoms with E-state index in [0.717, 1.165) is 5.56 Å². The van der Waals surface area contributed by atoms with Gasteiger partial charge in [-0.25, -0.2) is 0 Å². The van der Waals surface area contributed by atoms with Gasteiger partial charge in [0.1, 0.15) is 6.04 Å². The number of methoxy groups -OCH3 is 1. The average molecular weight is 284 g/mol. The van der Waals surface area contributed by atoms with E-state index in [9.17, 15) is 4.79 Å². The maximum Gasteiger partial charge on any atom is 0.252 e. The SMILES string of the molecule is COCC(C#N)NC(=O)c1ccc(Cn2cccn2)cc1. The van der Waals surface area contributed by atoms with Crippen molar-refractivity contribution < 1.29 is 9.53 Å². The number of nitriles is 1. The fraction of sp³-hybridized carbons (Fsp3) is 0.267. The number of amides is 1. The number of carbonyl (C=O) groups excluding carboxylic acids is 1. The fourth-order valence-electron chi connectivity index (χ4n) is 1.86. The van der Waals surface area contributed by atoms with Crippen LogP contribution in [0.1, 0.15) is 15.9 Å². The molecule has 2 rings (SSSR count). The Bertz CT molecular complexity index is 614. The predicted molar refractivity (Wildman–Crippen MR) is 76.5 cm³/mol. The van der Waals surface area contributed by atoms with Crippen LogP contribution in [0.3, 0.4) is 0 Å². The van der Waals surface area contributed by atoms with Crippen LogP contribution >= 0.6 is 0 Å². The van der Waals surface area contributed by atoms with E-state index in [2.05, 4.69) is 10.4 Å². The van der Waals surface area contributed by atoms with Gasteiger partial charge in [-0.15, -0.1) is 0 Å². The average Bonchev–Trinajstić information content (AvgIpc) is 3.00. The van der Waals surface area contributed by atoms with Crippen molar-refractivity contribution in [2.45, 2.75) is 12.6 Å². The van der Waals surface area contributed by atoms with Gasteiger partial charge in [0, 0.05) is 25.1 Å². The molecule has 1 unspecified atom stereocenters.